The fourth-order valence-corrected chi connectivity index (χ4v) is 2.31. The largest absolute Gasteiger partial charge is 0.328 e. The molecule has 3 nitrogen and oxygen atoms in total. The van der Waals surface area contributed by atoms with Gasteiger partial charge in [-0.3, -0.25) is 0 Å². The molecule has 0 aliphatic heterocycles. The third-order valence-corrected chi connectivity index (χ3v) is 3.00. The predicted octanol–water partition coefficient (Wildman–Crippen LogP) is 1.21. The number of hydrogen-bond acceptors (Lipinski definition) is 4. The second-order valence-corrected chi connectivity index (χ2v) is 4.10. The maximum absolute atomic E-state index is 5.82. The molecule has 0 spiro atoms. The van der Waals surface area contributed by atoms with Gasteiger partial charge in [-0.05, 0) is 31.6 Å². The number of aromatic nitrogens is 2. The van der Waals surface area contributed by atoms with Crippen LogP contribution in [0.4, 0.5) is 0 Å². The fraction of sp³-hybridized carbons (Fsp3) is 0.750. The van der Waals surface area contributed by atoms with E-state index in [9.17, 15) is 0 Å². The Hall–Kier alpha value is -0.480. The topological polar surface area (TPSA) is 51.8 Å². The van der Waals surface area contributed by atoms with E-state index in [2.05, 4.69) is 8.75 Å². The maximum Gasteiger partial charge on any atom is 0.0745 e. The van der Waals surface area contributed by atoms with Crippen LogP contribution in [-0.2, 0) is 6.42 Å². The molecule has 1 heterocycles. The van der Waals surface area contributed by atoms with Crippen molar-refractivity contribution in [3.8, 4) is 0 Å². The Kier molecular flexibility index (Phi) is 2.37. The monoisotopic (exact) mass is 183 g/mol. The minimum Gasteiger partial charge on any atom is -0.328 e. The van der Waals surface area contributed by atoms with Crippen LogP contribution in [0.3, 0.4) is 0 Å². The van der Waals surface area contributed by atoms with Crippen LogP contribution in [0.15, 0.2) is 6.20 Å². The van der Waals surface area contributed by atoms with E-state index in [-0.39, 0.29) is 0 Å². The number of nitrogens with two attached hydrogens (primary N) is 1. The summed E-state index contributed by atoms with van der Waals surface area (Å²) in [6.45, 7) is 0. The van der Waals surface area contributed by atoms with Crippen molar-refractivity contribution < 1.29 is 0 Å². The van der Waals surface area contributed by atoms with Gasteiger partial charge in [-0.2, -0.15) is 8.75 Å². The van der Waals surface area contributed by atoms with E-state index in [1.54, 1.807) is 0 Å². The Morgan fingerprint density at radius 2 is 2.50 bits per heavy atom. The summed E-state index contributed by atoms with van der Waals surface area (Å²) < 4.78 is 8.18. The quantitative estimate of drug-likeness (QED) is 0.749. The van der Waals surface area contributed by atoms with E-state index in [1.807, 2.05) is 6.20 Å². The summed E-state index contributed by atoms with van der Waals surface area (Å²) in [5.74, 6) is 0.754. The summed E-state index contributed by atoms with van der Waals surface area (Å²) in [4.78, 5) is 0. The van der Waals surface area contributed by atoms with Crippen molar-refractivity contribution in [1.82, 2.24) is 8.75 Å². The van der Waals surface area contributed by atoms with Gasteiger partial charge < -0.3 is 5.73 Å². The Balaban J connectivity index is 1.88. The van der Waals surface area contributed by atoms with Gasteiger partial charge in [0.15, 0.2) is 0 Å². The third-order valence-electron chi connectivity index (χ3n) is 2.49. The van der Waals surface area contributed by atoms with Gasteiger partial charge in [0.25, 0.3) is 0 Å². The van der Waals surface area contributed by atoms with Crippen LogP contribution < -0.4 is 5.73 Å². The van der Waals surface area contributed by atoms with E-state index < -0.39 is 0 Å². The molecule has 1 aromatic heterocycles. The van der Waals surface area contributed by atoms with Crippen molar-refractivity contribution in [2.45, 2.75) is 31.7 Å². The molecule has 0 bridgehead atoms. The van der Waals surface area contributed by atoms with Crippen molar-refractivity contribution in [1.29, 1.82) is 0 Å². The first-order chi connectivity index (χ1) is 5.84. The van der Waals surface area contributed by atoms with Gasteiger partial charge in [0.1, 0.15) is 0 Å². The Morgan fingerprint density at radius 3 is 3.08 bits per heavy atom. The lowest BCUT2D eigenvalue weighted by molar-refractivity contribution is 0.530. The Morgan fingerprint density at radius 1 is 1.58 bits per heavy atom. The molecule has 1 aliphatic carbocycles. The molecule has 0 saturated heterocycles. The smallest absolute Gasteiger partial charge is 0.0745 e. The summed E-state index contributed by atoms with van der Waals surface area (Å²) in [6, 6.07) is 0.432. The summed E-state index contributed by atoms with van der Waals surface area (Å²) in [5, 5.41) is 0. The molecule has 1 fully saturated rings. The van der Waals surface area contributed by atoms with E-state index >= 15 is 0 Å². The molecule has 2 unspecified atom stereocenters. The normalized spacial score (nSPS) is 29.4. The van der Waals surface area contributed by atoms with Crippen LogP contribution in [0.25, 0.3) is 0 Å². The highest BCUT2D eigenvalue weighted by molar-refractivity contribution is 6.99. The number of nitrogens with zero attached hydrogens (tertiary/aromatic N) is 2. The summed E-state index contributed by atoms with van der Waals surface area (Å²) >= 11 is 1.29. The van der Waals surface area contributed by atoms with E-state index in [4.69, 9.17) is 5.73 Å². The lowest BCUT2D eigenvalue weighted by atomic mass is 10.0. The zero-order valence-corrected chi connectivity index (χ0v) is 7.76. The highest BCUT2D eigenvalue weighted by Gasteiger charge is 2.22. The highest BCUT2D eigenvalue weighted by atomic mass is 32.1. The van der Waals surface area contributed by atoms with Crippen LogP contribution in [-0.4, -0.2) is 14.8 Å². The van der Waals surface area contributed by atoms with Crippen molar-refractivity contribution >= 4 is 11.7 Å². The molecule has 2 N–H and O–H groups in total. The van der Waals surface area contributed by atoms with Gasteiger partial charge in [-0.25, -0.2) is 0 Å². The molecule has 66 valence electrons. The van der Waals surface area contributed by atoms with Crippen LogP contribution in [0.1, 0.15) is 25.0 Å². The van der Waals surface area contributed by atoms with Crippen molar-refractivity contribution in [3.63, 3.8) is 0 Å². The standard InChI is InChI=1S/C8H13N3S/c9-7-2-1-6(3-7)4-8-5-10-12-11-8/h5-7H,1-4,9H2. The summed E-state index contributed by atoms with van der Waals surface area (Å²) in [7, 11) is 0. The maximum atomic E-state index is 5.82. The first kappa shape index (κ1) is 8.13. The first-order valence-corrected chi connectivity index (χ1v) is 5.09. The molecule has 0 radical (unpaired) electrons. The second-order valence-electron chi connectivity index (χ2n) is 3.54. The SMILES string of the molecule is NC1CCC(Cc2cnsn2)C1. The van der Waals surface area contributed by atoms with Crippen molar-refractivity contribution in [2.24, 2.45) is 11.7 Å². The lowest BCUT2D eigenvalue weighted by Crippen LogP contribution is -2.15. The minimum atomic E-state index is 0.432. The van der Waals surface area contributed by atoms with E-state index in [0.717, 1.165) is 24.5 Å². The number of hydrogen-bond donors (Lipinski definition) is 1. The molecule has 0 aromatic carbocycles. The lowest BCUT2D eigenvalue weighted by Gasteiger charge is -2.05. The summed E-state index contributed by atoms with van der Waals surface area (Å²) in [6.07, 6.45) is 6.55. The van der Waals surface area contributed by atoms with E-state index in [1.165, 1.54) is 24.6 Å². The van der Waals surface area contributed by atoms with Crippen LogP contribution in [0.2, 0.25) is 0 Å². The van der Waals surface area contributed by atoms with Crippen molar-refractivity contribution in [2.75, 3.05) is 0 Å². The Labute approximate surface area is 76.3 Å². The van der Waals surface area contributed by atoms with Crippen LogP contribution >= 0.6 is 11.7 Å². The van der Waals surface area contributed by atoms with Gasteiger partial charge in [-0.1, -0.05) is 0 Å². The molecular weight excluding hydrogens is 170 g/mol. The predicted molar refractivity (Wildman–Crippen MR) is 48.9 cm³/mol. The molecular formula is C8H13N3S. The minimum absolute atomic E-state index is 0.432. The van der Waals surface area contributed by atoms with Crippen LogP contribution in [0.5, 0.6) is 0 Å². The number of rotatable bonds is 2. The van der Waals surface area contributed by atoms with Crippen molar-refractivity contribution in [3.05, 3.63) is 11.9 Å². The highest BCUT2D eigenvalue weighted by Crippen LogP contribution is 2.26. The summed E-state index contributed by atoms with van der Waals surface area (Å²) in [5.41, 5.74) is 6.96. The zero-order chi connectivity index (χ0) is 8.39. The van der Waals surface area contributed by atoms with Gasteiger partial charge in [-0.15, -0.1) is 0 Å². The molecule has 2 atom stereocenters. The fourth-order valence-electron chi connectivity index (χ4n) is 1.87. The van der Waals surface area contributed by atoms with Crippen LogP contribution in [0, 0.1) is 5.92 Å². The third kappa shape index (κ3) is 1.81. The molecule has 4 heteroatoms. The zero-order valence-electron chi connectivity index (χ0n) is 6.94. The van der Waals surface area contributed by atoms with Gasteiger partial charge in [0.05, 0.1) is 23.6 Å². The molecule has 1 aromatic rings. The first-order valence-electron chi connectivity index (χ1n) is 4.36. The second kappa shape index (κ2) is 3.49. The molecule has 2 rings (SSSR count). The molecule has 12 heavy (non-hydrogen) atoms. The van der Waals surface area contributed by atoms with Gasteiger partial charge >= 0.3 is 0 Å². The Bertz CT molecular complexity index is 234. The average molecular weight is 183 g/mol. The average Bonchev–Trinajstić information content (AvgIpc) is 2.63. The van der Waals surface area contributed by atoms with E-state index in [0.29, 0.717) is 6.04 Å². The molecule has 1 saturated carbocycles. The van der Waals surface area contributed by atoms with Gasteiger partial charge in [0.2, 0.25) is 0 Å². The molecule has 0 amide bonds. The molecule has 1 aliphatic rings. The van der Waals surface area contributed by atoms with Gasteiger partial charge in [0, 0.05) is 6.04 Å².